The lowest BCUT2D eigenvalue weighted by Gasteiger charge is -2.19. The molecule has 2 N–H and O–H groups in total. The van der Waals surface area contributed by atoms with Gasteiger partial charge in [-0.2, -0.15) is 0 Å². The molecule has 6 heteroatoms. The molecule has 0 aromatic heterocycles. The van der Waals surface area contributed by atoms with Gasteiger partial charge in [-0.1, -0.05) is 0 Å². The van der Waals surface area contributed by atoms with Crippen LogP contribution in [-0.4, -0.2) is 31.2 Å². The third kappa shape index (κ3) is 3.40. The van der Waals surface area contributed by atoms with Crippen molar-refractivity contribution < 1.29 is 24.2 Å². The van der Waals surface area contributed by atoms with Crippen molar-refractivity contribution in [2.75, 3.05) is 14.2 Å². The summed E-state index contributed by atoms with van der Waals surface area (Å²) in [4.78, 5) is 22.8. The minimum absolute atomic E-state index is 0.183. The molecule has 20 heavy (non-hydrogen) atoms. The van der Waals surface area contributed by atoms with Crippen LogP contribution >= 0.6 is 0 Å². The van der Waals surface area contributed by atoms with E-state index in [1.807, 2.05) is 0 Å². The SMILES string of the molecule is COc1ccc(CNC(=O)C(C)(C)C(=O)O)c(OC)c1. The standard InChI is InChI=1S/C14H19NO5/c1-14(2,13(17)18)12(16)15-8-9-5-6-10(19-3)7-11(9)20-4/h5-7H,8H2,1-4H3,(H,15,16)(H,17,18). The summed E-state index contributed by atoms with van der Waals surface area (Å²) >= 11 is 0. The molecular formula is C14H19NO5. The van der Waals surface area contributed by atoms with Crippen molar-refractivity contribution in [3.63, 3.8) is 0 Å². The fraction of sp³-hybridized carbons (Fsp3) is 0.429. The van der Waals surface area contributed by atoms with Crippen LogP contribution in [-0.2, 0) is 16.1 Å². The van der Waals surface area contributed by atoms with Gasteiger partial charge in [0, 0.05) is 18.2 Å². The maximum absolute atomic E-state index is 11.8. The van der Waals surface area contributed by atoms with Gasteiger partial charge in [0.25, 0.3) is 0 Å². The second-order valence-corrected chi connectivity index (χ2v) is 4.79. The average Bonchev–Trinajstić information content (AvgIpc) is 2.44. The molecule has 0 unspecified atom stereocenters. The zero-order valence-corrected chi connectivity index (χ0v) is 12.0. The van der Waals surface area contributed by atoms with Crippen LogP contribution in [0.5, 0.6) is 11.5 Å². The summed E-state index contributed by atoms with van der Waals surface area (Å²) in [7, 11) is 3.06. The molecule has 110 valence electrons. The Labute approximate surface area is 117 Å². The number of ether oxygens (including phenoxy) is 2. The second kappa shape index (κ2) is 6.27. The molecule has 0 saturated carbocycles. The molecule has 0 fully saturated rings. The van der Waals surface area contributed by atoms with Crippen molar-refractivity contribution in [3.05, 3.63) is 23.8 Å². The van der Waals surface area contributed by atoms with Gasteiger partial charge in [0.05, 0.1) is 14.2 Å². The molecule has 1 aromatic carbocycles. The third-order valence-electron chi connectivity index (χ3n) is 3.04. The normalized spacial score (nSPS) is 10.8. The molecule has 0 aliphatic heterocycles. The van der Waals surface area contributed by atoms with E-state index in [0.29, 0.717) is 11.5 Å². The van der Waals surface area contributed by atoms with Crippen molar-refractivity contribution in [3.8, 4) is 11.5 Å². The number of carbonyl (C=O) groups excluding carboxylic acids is 1. The van der Waals surface area contributed by atoms with Crippen LogP contribution < -0.4 is 14.8 Å². The fourth-order valence-electron chi connectivity index (χ4n) is 1.49. The number of hydrogen-bond donors (Lipinski definition) is 2. The molecule has 6 nitrogen and oxygen atoms in total. The quantitative estimate of drug-likeness (QED) is 0.770. The van der Waals surface area contributed by atoms with E-state index in [2.05, 4.69) is 5.32 Å². The van der Waals surface area contributed by atoms with Gasteiger partial charge >= 0.3 is 5.97 Å². The van der Waals surface area contributed by atoms with Crippen LogP contribution in [0.25, 0.3) is 0 Å². The maximum atomic E-state index is 11.8. The first-order chi connectivity index (χ1) is 9.32. The Morgan fingerprint density at radius 2 is 1.90 bits per heavy atom. The highest BCUT2D eigenvalue weighted by Crippen LogP contribution is 2.24. The molecule has 1 rings (SSSR count). The van der Waals surface area contributed by atoms with E-state index in [4.69, 9.17) is 14.6 Å². The fourth-order valence-corrected chi connectivity index (χ4v) is 1.49. The summed E-state index contributed by atoms with van der Waals surface area (Å²) in [6.45, 7) is 2.90. The summed E-state index contributed by atoms with van der Waals surface area (Å²) in [6, 6.07) is 5.20. The second-order valence-electron chi connectivity index (χ2n) is 4.79. The monoisotopic (exact) mass is 281 g/mol. The number of carboxylic acids is 1. The molecule has 1 aromatic rings. The van der Waals surface area contributed by atoms with Crippen LogP contribution in [0.2, 0.25) is 0 Å². The molecular weight excluding hydrogens is 262 g/mol. The van der Waals surface area contributed by atoms with Crippen LogP contribution in [0.1, 0.15) is 19.4 Å². The van der Waals surface area contributed by atoms with Gasteiger partial charge in [0.15, 0.2) is 0 Å². The number of aliphatic carboxylic acids is 1. The first-order valence-corrected chi connectivity index (χ1v) is 6.05. The van der Waals surface area contributed by atoms with E-state index >= 15 is 0 Å². The highest BCUT2D eigenvalue weighted by molar-refractivity contribution is 6.00. The number of nitrogens with one attached hydrogen (secondary N) is 1. The molecule has 0 aliphatic carbocycles. The number of carbonyl (C=O) groups is 2. The Kier molecular flexibility index (Phi) is 4.96. The van der Waals surface area contributed by atoms with Crippen molar-refractivity contribution in [1.29, 1.82) is 0 Å². The average molecular weight is 281 g/mol. The Morgan fingerprint density at radius 1 is 1.25 bits per heavy atom. The smallest absolute Gasteiger partial charge is 0.318 e. The Bertz CT molecular complexity index is 510. The first-order valence-electron chi connectivity index (χ1n) is 6.05. The largest absolute Gasteiger partial charge is 0.497 e. The van der Waals surface area contributed by atoms with Gasteiger partial charge in [-0.15, -0.1) is 0 Å². The summed E-state index contributed by atoms with van der Waals surface area (Å²) in [5.41, 5.74) is -0.734. The van der Waals surface area contributed by atoms with Gasteiger partial charge in [0.1, 0.15) is 16.9 Å². The molecule has 1 amide bonds. The van der Waals surface area contributed by atoms with Crippen molar-refractivity contribution >= 4 is 11.9 Å². The number of methoxy groups -OCH3 is 2. The summed E-state index contributed by atoms with van der Waals surface area (Å²) in [6.07, 6.45) is 0. The Balaban J connectivity index is 2.80. The van der Waals surface area contributed by atoms with E-state index < -0.39 is 17.3 Å². The number of hydrogen-bond acceptors (Lipinski definition) is 4. The van der Waals surface area contributed by atoms with E-state index in [1.165, 1.54) is 21.0 Å². The van der Waals surface area contributed by atoms with Gasteiger partial charge < -0.3 is 19.9 Å². The predicted octanol–water partition coefficient (Wildman–Crippen LogP) is 1.43. The van der Waals surface area contributed by atoms with Gasteiger partial charge in [-0.3, -0.25) is 9.59 Å². The minimum Gasteiger partial charge on any atom is -0.497 e. The summed E-state index contributed by atoms with van der Waals surface area (Å²) < 4.78 is 10.3. The van der Waals surface area contributed by atoms with Crippen molar-refractivity contribution in [1.82, 2.24) is 5.32 Å². The lowest BCUT2D eigenvalue weighted by atomic mass is 9.92. The van der Waals surface area contributed by atoms with Crippen LogP contribution in [0.4, 0.5) is 0 Å². The van der Waals surface area contributed by atoms with Crippen LogP contribution in [0.3, 0.4) is 0 Å². The van der Waals surface area contributed by atoms with Crippen LogP contribution in [0, 0.1) is 5.41 Å². The van der Waals surface area contributed by atoms with Gasteiger partial charge in [0.2, 0.25) is 5.91 Å². The molecule has 0 radical (unpaired) electrons. The van der Waals surface area contributed by atoms with Crippen molar-refractivity contribution in [2.24, 2.45) is 5.41 Å². The van der Waals surface area contributed by atoms with Gasteiger partial charge in [-0.25, -0.2) is 0 Å². The molecule has 0 aliphatic rings. The summed E-state index contributed by atoms with van der Waals surface area (Å²) in [5.74, 6) is -0.514. The highest BCUT2D eigenvalue weighted by Gasteiger charge is 2.35. The van der Waals surface area contributed by atoms with E-state index in [1.54, 1.807) is 25.3 Å². The van der Waals surface area contributed by atoms with Gasteiger partial charge in [-0.05, 0) is 26.0 Å². The topological polar surface area (TPSA) is 84.9 Å². The molecule has 0 spiro atoms. The van der Waals surface area contributed by atoms with E-state index in [-0.39, 0.29) is 6.54 Å². The molecule has 0 saturated heterocycles. The third-order valence-corrected chi connectivity index (χ3v) is 3.04. The minimum atomic E-state index is -1.47. The first kappa shape index (κ1) is 15.8. The van der Waals surface area contributed by atoms with E-state index in [9.17, 15) is 9.59 Å². The van der Waals surface area contributed by atoms with E-state index in [0.717, 1.165) is 5.56 Å². The number of carboxylic acid groups (broad SMARTS) is 1. The lowest BCUT2D eigenvalue weighted by Crippen LogP contribution is -2.42. The summed E-state index contributed by atoms with van der Waals surface area (Å²) in [5, 5.41) is 11.6. The zero-order valence-electron chi connectivity index (χ0n) is 12.0. The number of rotatable bonds is 6. The number of benzene rings is 1. The zero-order chi connectivity index (χ0) is 15.3. The molecule has 0 heterocycles. The number of amides is 1. The maximum Gasteiger partial charge on any atom is 0.318 e. The lowest BCUT2D eigenvalue weighted by molar-refractivity contribution is -0.153. The highest BCUT2D eigenvalue weighted by atomic mass is 16.5. The Hall–Kier alpha value is -2.24. The predicted molar refractivity (Wildman–Crippen MR) is 72.8 cm³/mol. The molecule has 0 bridgehead atoms. The molecule has 0 atom stereocenters. The Morgan fingerprint density at radius 3 is 2.40 bits per heavy atom. The van der Waals surface area contributed by atoms with Crippen LogP contribution in [0.15, 0.2) is 18.2 Å². The van der Waals surface area contributed by atoms with Crippen molar-refractivity contribution in [2.45, 2.75) is 20.4 Å².